The minimum absolute atomic E-state index is 0.269. The summed E-state index contributed by atoms with van der Waals surface area (Å²) in [7, 11) is 5.23. The number of hydrogen-bond donors (Lipinski definition) is 1. The number of carbonyl (C=O) groups excluding carboxylic acids is 1. The second kappa shape index (κ2) is 2.58. The maximum absolute atomic E-state index is 10.1. The number of thiol groups is 1. The summed E-state index contributed by atoms with van der Waals surface area (Å²) >= 11 is 3.82. The summed E-state index contributed by atoms with van der Waals surface area (Å²) < 4.78 is 0.269. The average molecular weight is 149 g/mol. The number of likely N-dealkylation sites (N-methyl/N-ethyl adjacent to an activating group) is 1. The highest BCUT2D eigenvalue weighted by atomic mass is 32.1. The SMILES string of the molecule is C[N+](C)(C)C(S)C(=O)[O-]. The Morgan fingerprint density at radius 2 is 1.89 bits per heavy atom. The molecule has 0 aliphatic carbocycles. The first-order valence-electron chi connectivity index (χ1n) is 2.55. The summed E-state index contributed by atoms with van der Waals surface area (Å²) in [4.78, 5) is 10.1. The minimum atomic E-state index is -1.13. The molecule has 4 heteroatoms. The standard InChI is InChI=1S/C5H11NO2S/c1-6(2,3)4(9)5(7)8/h4H,1-3H3,(H-,7,8,9). The summed E-state index contributed by atoms with van der Waals surface area (Å²) in [6, 6.07) is 0. The van der Waals surface area contributed by atoms with Gasteiger partial charge in [-0.25, -0.2) is 0 Å². The Hall–Kier alpha value is -0.220. The average Bonchev–Trinajstić information content (AvgIpc) is 1.62. The summed E-state index contributed by atoms with van der Waals surface area (Å²) in [5.74, 6) is -1.13. The normalized spacial score (nSPS) is 15.1. The van der Waals surface area contributed by atoms with Gasteiger partial charge in [0.15, 0.2) is 5.37 Å². The molecule has 3 nitrogen and oxygen atoms in total. The van der Waals surface area contributed by atoms with E-state index in [2.05, 4.69) is 12.6 Å². The van der Waals surface area contributed by atoms with Gasteiger partial charge < -0.3 is 14.4 Å². The van der Waals surface area contributed by atoms with Crippen molar-refractivity contribution in [1.82, 2.24) is 0 Å². The quantitative estimate of drug-likeness (QED) is 0.301. The third kappa shape index (κ3) is 2.72. The molecular weight excluding hydrogens is 138 g/mol. The molecule has 0 spiro atoms. The van der Waals surface area contributed by atoms with E-state index in [9.17, 15) is 9.90 Å². The first kappa shape index (κ1) is 8.78. The van der Waals surface area contributed by atoms with Crippen LogP contribution in [0.4, 0.5) is 0 Å². The van der Waals surface area contributed by atoms with Gasteiger partial charge in [0.2, 0.25) is 0 Å². The third-order valence-corrected chi connectivity index (χ3v) is 1.85. The zero-order valence-corrected chi connectivity index (χ0v) is 6.68. The van der Waals surface area contributed by atoms with Crippen molar-refractivity contribution in [3.63, 3.8) is 0 Å². The summed E-state index contributed by atoms with van der Waals surface area (Å²) in [6.45, 7) is 0. The molecule has 0 aliphatic heterocycles. The molecule has 54 valence electrons. The fraction of sp³-hybridized carbons (Fsp3) is 0.800. The van der Waals surface area contributed by atoms with E-state index in [1.165, 1.54) is 0 Å². The van der Waals surface area contributed by atoms with E-state index in [0.29, 0.717) is 0 Å². The Kier molecular flexibility index (Phi) is 2.51. The lowest BCUT2D eigenvalue weighted by molar-refractivity contribution is -0.874. The van der Waals surface area contributed by atoms with Crippen molar-refractivity contribution >= 4 is 18.6 Å². The van der Waals surface area contributed by atoms with Gasteiger partial charge in [0.25, 0.3) is 0 Å². The smallest absolute Gasteiger partial charge is 0.173 e. The number of nitrogens with zero attached hydrogens (tertiary/aromatic N) is 1. The van der Waals surface area contributed by atoms with E-state index in [1.54, 1.807) is 21.1 Å². The first-order chi connectivity index (χ1) is 3.85. The number of carboxylic acid groups (broad SMARTS) is 1. The van der Waals surface area contributed by atoms with Crippen LogP contribution in [0.25, 0.3) is 0 Å². The van der Waals surface area contributed by atoms with E-state index in [1.807, 2.05) is 0 Å². The minimum Gasteiger partial charge on any atom is -0.543 e. The second-order valence-electron chi connectivity index (χ2n) is 2.81. The molecule has 0 bridgehead atoms. The van der Waals surface area contributed by atoms with Gasteiger partial charge in [-0.1, -0.05) is 0 Å². The number of carbonyl (C=O) groups is 1. The Morgan fingerprint density at radius 3 is 1.89 bits per heavy atom. The van der Waals surface area contributed by atoms with Crippen LogP contribution in [0.5, 0.6) is 0 Å². The molecule has 0 aliphatic rings. The van der Waals surface area contributed by atoms with Crippen molar-refractivity contribution in [1.29, 1.82) is 0 Å². The molecule has 0 N–H and O–H groups in total. The molecule has 1 unspecified atom stereocenters. The predicted octanol–water partition coefficient (Wildman–Crippen LogP) is -1.30. The van der Waals surface area contributed by atoms with Gasteiger partial charge in [0.05, 0.1) is 21.1 Å². The molecule has 0 fully saturated rings. The monoisotopic (exact) mass is 149 g/mol. The zero-order chi connectivity index (χ0) is 7.65. The van der Waals surface area contributed by atoms with Crippen molar-refractivity contribution in [3.8, 4) is 0 Å². The van der Waals surface area contributed by atoms with Gasteiger partial charge in [0, 0.05) is 0 Å². The molecule has 0 aromatic rings. The van der Waals surface area contributed by atoms with Gasteiger partial charge >= 0.3 is 0 Å². The maximum Gasteiger partial charge on any atom is 0.173 e. The van der Waals surface area contributed by atoms with E-state index in [4.69, 9.17) is 0 Å². The molecule has 0 rings (SSSR count). The van der Waals surface area contributed by atoms with Gasteiger partial charge in [-0.3, -0.25) is 0 Å². The van der Waals surface area contributed by atoms with Crippen LogP contribution in [0.15, 0.2) is 0 Å². The van der Waals surface area contributed by atoms with Crippen molar-refractivity contribution in [3.05, 3.63) is 0 Å². The second-order valence-corrected chi connectivity index (χ2v) is 3.30. The number of hydrogen-bond acceptors (Lipinski definition) is 3. The lowest BCUT2D eigenvalue weighted by Gasteiger charge is -2.30. The highest BCUT2D eigenvalue weighted by Crippen LogP contribution is 2.04. The Morgan fingerprint density at radius 1 is 1.56 bits per heavy atom. The molecule has 0 saturated carbocycles. The lowest BCUT2D eigenvalue weighted by atomic mass is 10.5. The van der Waals surface area contributed by atoms with Gasteiger partial charge in [-0.2, -0.15) is 0 Å². The Bertz CT molecular complexity index is 119. The van der Waals surface area contributed by atoms with Crippen LogP contribution >= 0.6 is 12.6 Å². The lowest BCUT2D eigenvalue weighted by Crippen LogP contribution is -2.51. The highest BCUT2D eigenvalue weighted by molar-refractivity contribution is 7.81. The van der Waals surface area contributed by atoms with Crippen LogP contribution in [-0.2, 0) is 4.79 Å². The summed E-state index contributed by atoms with van der Waals surface area (Å²) in [6.07, 6.45) is 0. The first-order valence-corrected chi connectivity index (χ1v) is 3.07. The highest BCUT2D eigenvalue weighted by Gasteiger charge is 2.19. The predicted molar refractivity (Wildman–Crippen MR) is 35.8 cm³/mol. The van der Waals surface area contributed by atoms with E-state index in [-0.39, 0.29) is 4.48 Å². The summed E-state index contributed by atoms with van der Waals surface area (Å²) in [5, 5.41) is 9.40. The number of carboxylic acids is 1. The fourth-order valence-corrected chi connectivity index (χ4v) is 0.316. The molecule has 9 heavy (non-hydrogen) atoms. The third-order valence-electron chi connectivity index (χ3n) is 0.945. The largest absolute Gasteiger partial charge is 0.543 e. The molecule has 0 aromatic heterocycles. The van der Waals surface area contributed by atoms with Gasteiger partial charge in [-0.05, 0) is 0 Å². The van der Waals surface area contributed by atoms with Gasteiger partial charge in [0.1, 0.15) is 5.97 Å². The molecule has 0 saturated heterocycles. The zero-order valence-electron chi connectivity index (χ0n) is 5.79. The van der Waals surface area contributed by atoms with Crippen LogP contribution in [0.2, 0.25) is 0 Å². The number of rotatable bonds is 2. The van der Waals surface area contributed by atoms with Crippen LogP contribution in [-0.4, -0.2) is 37.0 Å². The van der Waals surface area contributed by atoms with Crippen LogP contribution in [0, 0.1) is 0 Å². The molecule has 0 heterocycles. The van der Waals surface area contributed by atoms with E-state index < -0.39 is 11.3 Å². The van der Waals surface area contributed by atoms with E-state index >= 15 is 0 Å². The molecule has 0 aromatic carbocycles. The fourth-order valence-electron chi connectivity index (χ4n) is 0.316. The molecular formula is C5H11NO2S. The number of aliphatic carboxylic acids is 1. The van der Waals surface area contributed by atoms with Gasteiger partial charge in [-0.15, -0.1) is 12.6 Å². The summed E-state index contributed by atoms with van der Waals surface area (Å²) in [5.41, 5.74) is 0. The van der Waals surface area contributed by atoms with Crippen LogP contribution in [0.1, 0.15) is 0 Å². The van der Waals surface area contributed by atoms with Crippen molar-refractivity contribution in [2.24, 2.45) is 0 Å². The van der Waals surface area contributed by atoms with Crippen molar-refractivity contribution in [2.75, 3.05) is 21.1 Å². The van der Waals surface area contributed by atoms with Crippen molar-refractivity contribution < 1.29 is 14.4 Å². The van der Waals surface area contributed by atoms with Crippen LogP contribution in [0.3, 0.4) is 0 Å². The molecule has 1 atom stereocenters. The Balaban J connectivity index is 4.04. The van der Waals surface area contributed by atoms with E-state index in [0.717, 1.165) is 0 Å². The maximum atomic E-state index is 10.1. The molecule has 0 radical (unpaired) electrons. The molecule has 0 amide bonds. The number of quaternary nitrogens is 1. The van der Waals surface area contributed by atoms with Crippen molar-refractivity contribution in [2.45, 2.75) is 5.37 Å². The van der Waals surface area contributed by atoms with Crippen LogP contribution < -0.4 is 5.11 Å². The topological polar surface area (TPSA) is 40.1 Å². The Labute approximate surface area is 60.3 Å².